The van der Waals surface area contributed by atoms with E-state index in [-0.39, 0.29) is 11.5 Å². The quantitative estimate of drug-likeness (QED) is 0.780. The highest BCUT2D eigenvalue weighted by Crippen LogP contribution is 2.39. The van der Waals surface area contributed by atoms with Crippen LogP contribution in [0.25, 0.3) is 0 Å². The number of alkyl carbamates (subject to hydrolysis) is 1. The Balaban J connectivity index is 1.80. The second-order valence-corrected chi connectivity index (χ2v) is 6.09. The molecule has 1 fully saturated rings. The Labute approximate surface area is 133 Å². The zero-order valence-corrected chi connectivity index (χ0v) is 13.1. The molecule has 1 aliphatic carbocycles. The van der Waals surface area contributed by atoms with Gasteiger partial charge in [-0.15, -0.1) is 5.73 Å². The van der Waals surface area contributed by atoms with Crippen molar-refractivity contribution in [2.45, 2.75) is 45.1 Å². The number of hydrogen-bond donors (Lipinski definition) is 1. The lowest BCUT2D eigenvalue weighted by Gasteiger charge is -2.36. The predicted molar refractivity (Wildman–Crippen MR) is 88.5 cm³/mol. The second-order valence-electron chi connectivity index (χ2n) is 6.09. The van der Waals surface area contributed by atoms with Gasteiger partial charge in [-0.2, -0.15) is 0 Å². The lowest BCUT2D eigenvalue weighted by atomic mass is 9.72. The van der Waals surface area contributed by atoms with Crippen LogP contribution in [-0.2, 0) is 11.3 Å². The van der Waals surface area contributed by atoms with E-state index in [0.29, 0.717) is 13.2 Å². The fraction of sp³-hybridized carbons (Fsp3) is 0.474. The fourth-order valence-electron chi connectivity index (χ4n) is 3.08. The topological polar surface area (TPSA) is 38.3 Å². The van der Waals surface area contributed by atoms with Crippen LogP contribution >= 0.6 is 0 Å². The first-order valence-corrected chi connectivity index (χ1v) is 8.03. The van der Waals surface area contributed by atoms with Crippen molar-refractivity contribution in [1.82, 2.24) is 5.32 Å². The normalized spacial score (nSPS) is 16.4. The molecule has 22 heavy (non-hydrogen) atoms. The summed E-state index contributed by atoms with van der Waals surface area (Å²) in [7, 11) is 0. The average molecular weight is 299 g/mol. The first-order chi connectivity index (χ1) is 10.7. The summed E-state index contributed by atoms with van der Waals surface area (Å²) in [5, 5.41) is 2.94. The third-order valence-corrected chi connectivity index (χ3v) is 4.41. The highest BCUT2D eigenvalue weighted by Gasteiger charge is 2.31. The third-order valence-electron chi connectivity index (χ3n) is 4.41. The first kappa shape index (κ1) is 16.4. The Morgan fingerprint density at radius 1 is 1.27 bits per heavy atom. The average Bonchev–Trinajstić information content (AvgIpc) is 2.58. The molecule has 3 heteroatoms. The molecule has 1 aromatic carbocycles. The Hall–Kier alpha value is -1.99. The van der Waals surface area contributed by atoms with Crippen molar-refractivity contribution in [3.8, 4) is 0 Å². The van der Waals surface area contributed by atoms with Crippen molar-refractivity contribution in [3.63, 3.8) is 0 Å². The molecule has 1 aliphatic rings. The minimum Gasteiger partial charge on any atom is -0.445 e. The number of carbonyl (C=O) groups is 1. The minimum absolute atomic E-state index is 0.148. The maximum atomic E-state index is 11.9. The molecule has 0 radical (unpaired) electrons. The molecule has 1 aromatic rings. The second kappa shape index (κ2) is 8.45. The van der Waals surface area contributed by atoms with Gasteiger partial charge in [0, 0.05) is 6.54 Å². The summed E-state index contributed by atoms with van der Waals surface area (Å²) in [5.74, 6) is 0. The van der Waals surface area contributed by atoms with Gasteiger partial charge >= 0.3 is 6.09 Å². The maximum absolute atomic E-state index is 11.9. The lowest BCUT2D eigenvalue weighted by molar-refractivity contribution is 0.125. The minimum atomic E-state index is -0.337. The van der Waals surface area contributed by atoms with Crippen LogP contribution in [0.2, 0.25) is 0 Å². The number of carbonyl (C=O) groups excluding carboxylic acids is 1. The molecule has 0 saturated heterocycles. The lowest BCUT2D eigenvalue weighted by Crippen LogP contribution is -2.39. The Bertz CT molecular complexity index is 511. The van der Waals surface area contributed by atoms with Gasteiger partial charge in [0.05, 0.1) is 0 Å². The number of hydrogen-bond acceptors (Lipinski definition) is 2. The van der Waals surface area contributed by atoms with E-state index < -0.39 is 0 Å². The first-order valence-electron chi connectivity index (χ1n) is 8.03. The molecule has 0 aliphatic heterocycles. The van der Waals surface area contributed by atoms with Gasteiger partial charge in [0.1, 0.15) is 6.61 Å². The summed E-state index contributed by atoms with van der Waals surface area (Å²) >= 11 is 0. The fourth-order valence-corrected chi connectivity index (χ4v) is 3.08. The van der Waals surface area contributed by atoms with Gasteiger partial charge in [-0.05, 0) is 36.3 Å². The SMILES string of the molecule is C=C=CCC1(CNC(=O)OCc2ccccc2)CCCCC1. The zero-order chi connectivity index (χ0) is 15.7. The summed E-state index contributed by atoms with van der Waals surface area (Å²) in [6.07, 6.45) is 8.61. The van der Waals surface area contributed by atoms with Crippen molar-refractivity contribution < 1.29 is 9.53 Å². The van der Waals surface area contributed by atoms with E-state index in [4.69, 9.17) is 4.74 Å². The third kappa shape index (κ3) is 5.09. The summed E-state index contributed by atoms with van der Waals surface area (Å²) in [4.78, 5) is 11.9. The molecule has 0 heterocycles. The van der Waals surface area contributed by atoms with E-state index in [0.717, 1.165) is 24.8 Å². The van der Waals surface area contributed by atoms with Gasteiger partial charge in [0.2, 0.25) is 0 Å². The molecule has 0 bridgehead atoms. The monoisotopic (exact) mass is 299 g/mol. The van der Waals surface area contributed by atoms with Crippen molar-refractivity contribution in [2.24, 2.45) is 5.41 Å². The number of rotatable bonds is 6. The van der Waals surface area contributed by atoms with Gasteiger partial charge < -0.3 is 10.1 Å². The molecule has 1 saturated carbocycles. The van der Waals surface area contributed by atoms with Crippen LogP contribution in [0.15, 0.2) is 48.7 Å². The molecule has 0 unspecified atom stereocenters. The highest BCUT2D eigenvalue weighted by atomic mass is 16.5. The molecule has 2 rings (SSSR count). The van der Waals surface area contributed by atoms with E-state index in [9.17, 15) is 4.79 Å². The number of benzene rings is 1. The van der Waals surface area contributed by atoms with Crippen LogP contribution in [0, 0.1) is 5.41 Å². The smallest absolute Gasteiger partial charge is 0.407 e. The van der Waals surface area contributed by atoms with Crippen molar-refractivity contribution in [2.75, 3.05) is 6.54 Å². The van der Waals surface area contributed by atoms with E-state index in [2.05, 4.69) is 17.6 Å². The number of nitrogens with one attached hydrogen (secondary N) is 1. The van der Waals surface area contributed by atoms with Crippen molar-refractivity contribution in [1.29, 1.82) is 0 Å². The van der Waals surface area contributed by atoms with Crippen LogP contribution < -0.4 is 5.32 Å². The summed E-state index contributed by atoms with van der Waals surface area (Å²) in [6.45, 7) is 4.62. The molecule has 1 N–H and O–H groups in total. The number of amides is 1. The zero-order valence-electron chi connectivity index (χ0n) is 13.1. The van der Waals surface area contributed by atoms with Gasteiger partial charge in [0.15, 0.2) is 0 Å². The molecule has 118 valence electrons. The molecular formula is C19H25NO2. The van der Waals surface area contributed by atoms with E-state index in [1.165, 1.54) is 19.3 Å². The highest BCUT2D eigenvalue weighted by molar-refractivity contribution is 5.67. The molecule has 1 amide bonds. The van der Waals surface area contributed by atoms with E-state index in [1.54, 1.807) is 0 Å². The van der Waals surface area contributed by atoms with Gasteiger partial charge in [-0.1, -0.05) is 56.2 Å². The summed E-state index contributed by atoms with van der Waals surface area (Å²) < 4.78 is 5.28. The molecule has 0 atom stereocenters. The van der Waals surface area contributed by atoms with Crippen LogP contribution in [0.5, 0.6) is 0 Å². The molecule has 3 nitrogen and oxygen atoms in total. The van der Waals surface area contributed by atoms with Gasteiger partial charge in [-0.25, -0.2) is 4.79 Å². The molecule has 0 aromatic heterocycles. The van der Waals surface area contributed by atoms with E-state index >= 15 is 0 Å². The predicted octanol–water partition coefficient (Wildman–Crippen LogP) is 4.59. The largest absolute Gasteiger partial charge is 0.445 e. The summed E-state index contributed by atoms with van der Waals surface area (Å²) in [5.41, 5.74) is 4.00. The molecular weight excluding hydrogens is 274 g/mol. The standard InChI is InChI=1S/C19H25NO2/c1-2-3-12-19(13-8-5-9-14-19)16-20-18(21)22-15-17-10-6-4-7-11-17/h3-4,6-7,10-11H,1,5,8-9,12-16H2,(H,20,21). The van der Waals surface area contributed by atoms with Crippen molar-refractivity contribution >= 4 is 6.09 Å². The van der Waals surface area contributed by atoms with Gasteiger partial charge in [-0.3, -0.25) is 0 Å². The van der Waals surface area contributed by atoms with Crippen LogP contribution in [0.4, 0.5) is 4.79 Å². The number of ether oxygens (including phenoxy) is 1. The Morgan fingerprint density at radius 2 is 2.00 bits per heavy atom. The Morgan fingerprint density at radius 3 is 2.68 bits per heavy atom. The van der Waals surface area contributed by atoms with Gasteiger partial charge in [0.25, 0.3) is 0 Å². The van der Waals surface area contributed by atoms with Crippen LogP contribution in [0.1, 0.15) is 44.1 Å². The van der Waals surface area contributed by atoms with E-state index in [1.807, 2.05) is 36.4 Å². The molecule has 0 spiro atoms. The van der Waals surface area contributed by atoms with Crippen LogP contribution in [-0.4, -0.2) is 12.6 Å². The Kier molecular flexibility index (Phi) is 6.29. The summed E-state index contributed by atoms with van der Waals surface area (Å²) in [6, 6.07) is 9.73. The van der Waals surface area contributed by atoms with Crippen molar-refractivity contribution in [3.05, 3.63) is 54.3 Å². The maximum Gasteiger partial charge on any atom is 0.407 e. The number of allylic oxidation sites excluding steroid dienone is 1. The van der Waals surface area contributed by atoms with Crippen LogP contribution in [0.3, 0.4) is 0 Å².